The molecule has 1 amide bonds. The van der Waals surface area contributed by atoms with E-state index in [1.807, 2.05) is 32.0 Å². The van der Waals surface area contributed by atoms with E-state index in [1.165, 1.54) is 12.1 Å². The van der Waals surface area contributed by atoms with Crippen LogP contribution in [-0.2, 0) is 17.6 Å². The van der Waals surface area contributed by atoms with Crippen molar-refractivity contribution in [1.29, 1.82) is 0 Å². The third-order valence-corrected chi connectivity index (χ3v) is 6.77. The maximum absolute atomic E-state index is 13.8. The van der Waals surface area contributed by atoms with Crippen LogP contribution < -0.4 is 15.4 Å². The van der Waals surface area contributed by atoms with Crippen LogP contribution in [0.5, 0.6) is 5.75 Å². The Balaban J connectivity index is 1.50. The number of halogens is 3. The number of hydrogen-bond donors (Lipinski definition) is 3. The third kappa shape index (κ3) is 7.56. The molecule has 1 aliphatic rings. The van der Waals surface area contributed by atoms with Gasteiger partial charge in [-0.15, -0.1) is 0 Å². The molecule has 1 aliphatic heterocycles. The molecular formula is C28H30BrF2N3O3. The Morgan fingerprint density at radius 1 is 1.19 bits per heavy atom. The van der Waals surface area contributed by atoms with Crippen molar-refractivity contribution in [3.8, 4) is 5.75 Å². The Morgan fingerprint density at radius 2 is 1.95 bits per heavy atom. The quantitative estimate of drug-likeness (QED) is 0.347. The van der Waals surface area contributed by atoms with Crippen LogP contribution >= 0.6 is 15.9 Å². The van der Waals surface area contributed by atoms with E-state index in [9.17, 15) is 18.7 Å². The summed E-state index contributed by atoms with van der Waals surface area (Å²) in [6, 6.07) is 11.6. The SMILES string of the molecule is CC1(C)C[C@H](NC[C@@H](O)[C@H](Cc2cc(F)cc(F)c2)NC(=O)Cc2cccnc2)c2cc(Br)ccc2O1. The van der Waals surface area contributed by atoms with Gasteiger partial charge in [-0.3, -0.25) is 9.78 Å². The number of rotatable bonds is 9. The third-order valence-electron chi connectivity index (χ3n) is 6.28. The van der Waals surface area contributed by atoms with Crippen molar-refractivity contribution in [2.45, 2.75) is 56.9 Å². The summed E-state index contributed by atoms with van der Waals surface area (Å²) in [5.74, 6) is -0.984. The zero-order valence-electron chi connectivity index (χ0n) is 20.7. The van der Waals surface area contributed by atoms with Gasteiger partial charge in [-0.05, 0) is 67.8 Å². The van der Waals surface area contributed by atoms with Gasteiger partial charge in [0, 0.05) is 47.5 Å². The lowest BCUT2D eigenvalue weighted by Gasteiger charge is -2.38. The molecule has 0 radical (unpaired) electrons. The van der Waals surface area contributed by atoms with Crippen molar-refractivity contribution in [3.05, 3.63) is 93.7 Å². The standard InChI is InChI=1S/C28H30BrF2N3O3/c1-28(2)14-24(22-12-19(29)5-6-26(22)37-28)33-16-25(35)23(10-18-8-20(30)13-21(31)9-18)34-27(36)11-17-4-3-7-32-15-17/h3-9,12-13,15,23-25,33,35H,10-11,14,16H2,1-2H3,(H,34,36)/t23-,24-,25+/m0/s1. The van der Waals surface area contributed by atoms with E-state index < -0.39 is 29.4 Å². The van der Waals surface area contributed by atoms with Crippen LogP contribution in [0.1, 0.15) is 43.0 Å². The maximum atomic E-state index is 13.8. The summed E-state index contributed by atoms with van der Waals surface area (Å²) < 4.78 is 34.7. The van der Waals surface area contributed by atoms with Gasteiger partial charge in [0.2, 0.25) is 5.91 Å². The second kappa shape index (κ2) is 11.7. The lowest BCUT2D eigenvalue weighted by atomic mass is 9.89. The van der Waals surface area contributed by atoms with Gasteiger partial charge in [0.1, 0.15) is 23.0 Å². The number of hydrogen-bond acceptors (Lipinski definition) is 5. The molecule has 196 valence electrons. The minimum Gasteiger partial charge on any atom is -0.487 e. The number of aromatic nitrogens is 1. The number of fused-ring (bicyclic) bond motifs is 1. The number of carbonyl (C=O) groups is 1. The van der Waals surface area contributed by atoms with Gasteiger partial charge in [0.05, 0.1) is 18.6 Å². The number of aliphatic hydroxyl groups excluding tert-OH is 1. The highest BCUT2D eigenvalue weighted by Gasteiger charge is 2.34. The zero-order valence-corrected chi connectivity index (χ0v) is 22.3. The molecule has 9 heteroatoms. The first-order valence-electron chi connectivity index (χ1n) is 12.1. The first-order valence-corrected chi connectivity index (χ1v) is 12.9. The number of aliphatic hydroxyl groups is 1. The van der Waals surface area contributed by atoms with Crippen LogP contribution in [0.4, 0.5) is 8.78 Å². The lowest BCUT2D eigenvalue weighted by Crippen LogP contribution is -2.50. The van der Waals surface area contributed by atoms with Crippen molar-refractivity contribution in [2.75, 3.05) is 6.54 Å². The molecule has 3 aromatic rings. The van der Waals surface area contributed by atoms with Crippen LogP contribution in [0.15, 0.2) is 65.4 Å². The molecule has 4 rings (SSSR count). The highest BCUT2D eigenvalue weighted by molar-refractivity contribution is 9.10. The van der Waals surface area contributed by atoms with Gasteiger partial charge in [-0.2, -0.15) is 0 Å². The van der Waals surface area contributed by atoms with Crippen molar-refractivity contribution in [2.24, 2.45) is 0 Å². The molecule has 3 N–H and O–H groups in total. The fraction of sp³-hybridized carbons (Fsp3) is 0.357. The molecule has 0 saturated heterocycles. The number of nitrogens with zero attached hydrogens (tertiary/aromatic N) is 1. The van der Waals surface area contributed by atoms with Gasteiger partial charge in [-0.25, -0.2) is 8.78 Å². The molecule has 0 bridgehead atoms. The molecule has 1 aromatic heterocycles. The predicted molar refractivity (Wildman–Crippen MR) is 140 cm³/mol. The molecule has 2 aromatic carbocycles. The number of carbonyl (C=O) groups excluding carboxylic acids is 1. The topological polar surface area (TPSA) is 83.5 Å². The molecule has 0 spiro atoms. The maximum Gasteiger partial charge on any atom is 0.224 e. The molecule has 0 aliphatic carbocycles. The van der Waals surface area contributed by atoms with E-state index >= 15 is 0 Å². The first-order chi connectivity index (χ1) is 17.6. The van der Waals surface area contributed by atoms with Crippen molar-refractivity contribution in [3.63, 3.8) is 0 Å². The Hall–Kier alpha value is -2.88. The first kappa shape index (κ1) is 27.2. The predicted octanol–water partition coefficient (Wildman–Crippen LogP) is 4.65. The number of benzene rings is 2. The van der Waals surface area contributed by atoms with E-state index in [1.54, 1.807) is 24.5 Å². The van der Waals surface area contributed by atoms with Gasteiger partial charge in [0.15, 0.2) is 0 Å². The van der Waals surface area contributed by atoms with Crippen molar-refractivity contribution >= 4 is 21.8 Å². The largest absolute Gasteiger partial charge is 0.487 e. The highest BCUT2D eigenvalue weighted by Crippen LogP contribution is 2.40. The zero-order chi connectivity index (χ0) is 26.6. The smallest absolute Gasteiger partial charge is 0.224 e. The average Bonchev–Trinajstić information content (AvgIpc) is 2.82. The van der Waals surface area contributed by atoms with Gasteiger partial charge in [-0.1, -0.05) is 22.0 Å². The fourth-order valence-electron chi connectivity index (χ4n) is 4.62. The molecule has 3 atom stereocenters. The number of amides is 1. The van der Waals surface area contributed by atoms with Crippen molar-refractivity contribution in [1.82, 2.24) is 15.6 Å². The summed E-state index contributed by atoms with van der Waals surface area (Å²) >= 11 is 3.51. The van der Waals surface area contributed by atoms with E-state index in [-0.39, 0.29) is 31.3 Å². The Labute approximate surface area is 223 Å². The molecule has 0 unspecified atom stereocenters. The van der Waals surface area contributed by atoms with Gasteiger partial charge >= 0.3 is 0 Å². The van der Waals surface area contributed by atoms with Crippen LogP contribution in [0.2, 0.25) is 0 Å². The summed E-state index contributed by atoms with van der Waals surface area (Å²) in [5, 5.41) is 17.4. The molecule has 37 heavy (non-hydrogen) atoms. The summed E-state index contributed by atoms with van der Waals surface area (Å²) in [4.78, 5) is 16.8. The molecule has 0 saturated carbocycles. The van der Waals surface area contributed by atoms with E-state index in [0.29, 0.717) is 12.0 Å². The number of pyridine rings is 1. The number of nitrogens with one attached hydrogen (secondary N) is 2. The van der Waals surface area contributed by atoms with E-state index in [0.717, 1.165) is 27.4 Å². The Kier molecular flexibility index (Phi) is 8.56. The summed E-state index contributed by atoms with van der Waals surface area (Å²) in [6.45, 7) is 4.15. The van der Waals surface area contributed by atoms with Crippen LogP contribution in [0, 0.1) is 11.6 Å². The second-order valence-electron chi connectivity index (χ2n) is 9.97. The normalized spacial score (nSPS) is 17.8. The Morgan fingerprint density at radius 3 is 2.65 bits per heavy atom. The second-order valence-corrected chi connectivity index (χ2v) is 10.9. The summed E-state index contributed by atoms with van der Waals surface area (Å²) in [7, 11) is 0. The summed E-state index contributed by atoms with van der Waals surface area (Å²) in [5.41, 5.74) is 1.60. The van der Waals surface area contributed by atoms with Gasteiger partial charge in [0.25, 0.3) is 0 Å². The Bertz CT molecular complexity index is 1220. The monoisotopic (exact) mass is 573 g/mol. The highest BCUT2D eigenvalue weighted by atomic mass is 79.9. The molecular weight excluding hydrogens is 544 g/mol. The van der Waals surface area contributed by atoms with E-state index in [2.05, 4.69) is 31.5 Å². The van der Waals surface area contributed by atoms with Crippen LogP contribution in [-0.4, -0.2) is 40.3 Å². The van der Waals surface area contributed by atoms with Crippen LogP contribution in [0.25, 0.3) is 0 Å². The minimum absolute atomic E-state index is 0.0533. The number of ether oxygens (including phenoxy) is 1. The lowest BCUT2D eigenvalue weighted by molar-refractivity contribution is -0.122. The van der Waals surface area contributed by atoms with Gasteiger partial charge < -0.3 is 20.5 Å². The van der Waals surface area contributed by atoms with E-state index in [4.69, 9.17) is 4.74 Å². The van der Waals surface area contributed by atoms with Crippen molar-refractivity contribution < 1.29 is 23.4 Å². The van der Waals surface area contributed by atoms with Crippen LogP contribution in [0.3, 0.4) is 0 Å². The molecule has 6 nitrogen and oxygen atoms in total. The fourth-order valence-corrected chi connectivity index (χ4v) is 5.00. The summed E-state index contributed by atoms with van der Waals surface area (Å²) in [6.07, 6.45) is 2.96. The average molecular weight is 574 g/mol. The molecule has 2 heterocycles. The molecule has 0 fully saturated rings. The minimum atomic E-state index is -1.04.